The zero-order valence-corrected chi connectivity index (χ0v) is 32.8. The van der Waals surface area contributed by atoms with Gasteiger partial charge in [0, 0.05) is 17.7 Å². The smallest absolute Gasteiger partial charge is 0.239 e. The summed E-state index contributed by atoms with van der Waals surface area (Å²) in [4.78, 5) is 15.0. The molecule has 306 valence electrons. The average Bonchev–Trinajstić information content (AvgIpc) is 3.29. The first-order valence-electron chi connectivity index (χ1n) is 19.6. The van der Waals surface area contributed by atoms with Crippen molar-refractivity contribution >= 4 is 11.0 Å². The van der Waals surface area contributed by atoms with E-state index >= 15 is 0 Å². The number of fused-ring (bicyclic) bond motifs is 1. The zero-order chi connectivity index (χ0) is 41.4. The molecule has 0 saturated carbocycles. The Morgan fingerprint density at radius 2 is 1.03 bits per heavy atom. The number of aliphatic hydroxyl groups is 3. The molecule has 3 N–H and O–H groups in total. The van der Waals surface area contributed by atoms with Crippen LogP contribution in [0.5, 0.6) is 28.7 Å². The molecule has 1 saturated heterocycles. The van der Waals surface area contributed by atoms with E-state index in [1.807, 2.05) is 121 Å². The van der Waals surface area contributed by atoms with E-state index in [9.17, 15) is 20.1 Å². The lowest BCUT2D eigenvalue weighted by Gasteiger charge is -2.38. The Morgan fingerprint density at radius 3 is 1.58 bits per heavy atom. The molecule has 6 aromatic carbocycles. The first-order chi connectivity index (χ1) is 29.3. The minimum Gasteiger partial charge on any atom is -0.489 e. The standard InChI is InChI=1S/C49H44O11/c1-31-43(50)45(52)46(53)49(58-31)60-48-44(51)42-40(57-30-35-20-12-5-13-21-35)25-37(54-27-32-14-6-2-7-15-32)26-41(42)59-47(48)36-22-23-38(55-28-33-16-8-3-9-17-33)39(24-36)56-29-34-18-10-4-11-19-34/h2-26,31,43,45-46,49-50,52-53H,27-30H2,1H3/t31-,43-,45+,46+,49-/m0/s1. The summed E-state index contributed by atoms with van der Waals surface area (Å²) in [5, 5.41) is 32.2. The lowest BCUT2D eigenvalue weighted by molar-refractivity contribution is -0.268. The number of benzene rings is 6. The summed E-state index contributed by atoms with van der Waals surface area (Å²) in [6, 6.07) is 46.8. The third-order valence-electron chi connectivity index (χ3n) is 10.1. The van der Waals surface area contributed by atoms with Crippen LogP contribution in [0.3, 0.4) is 0 Å². The fraction of sp³-hybridized carbons (Fsp3) is 0.204. The topological polar surface area (TPSA) is 146 Å². The van der Waals surface area contributed by atoms with Gasteiger partial charge in [-0.3, -0.25) is 4.79 Å². The second kappa shape index (κ2) is 18.5. The van der Waals surface area contributed by atoms with Gasteiger partial charge in [0.15, 0.2) is 17.3 Å². The third kappa shape index (κ3) is 9.30. The summed E-state index contributed by atoms with van der Waals surface area (Å²) in [5.41, 5.74) is 3.50. The molecule has 0 radical (unpaired) electrons. The Kier molecular flexibility index (Phi) is 12.4. The van der Waals surface area contributed by atoms with Crippen molar-refractivity contribution in [1.29, 1.82) is 0 Å². The van der Waals surface area contributed by atoms with Crippen LogP contribution in [-0.4, -0.2) is 46.0 Å². The van der Waals surface area contributed by atoms with Crippen molar-refractivity contribution in [3.8, 4) is 40.1 Å². The minimum atomic E-state index is -1.72. The van der Waals surface area contributed by atoms with Gasteiger partial charge in [-0.05, 0) is 47.4 Å². The Hall–Kier alpha value is -6.63. The van der Waals surface area contributed by atoms with Crippen LogP contribution in [0, 0.1) is 0 Å². The van der Waals surface area contributed by atoms with E-state index in [4.69, 9.17) is 32.8 Å². The van der Waals surface area contributed by atoms with Crippen molar-refractivity contribution in [3.05, 3.63) is 184 Å². The molecular formula is C49H44O11. The zero-order valence-electron chi connectivity index (χ0n) is 32.8. The largest absolute Gasteiger partial charge is 0.489 e. The molecule has 0 amide bonds. The highest BCUT2D eigenvalue weighted by Crippen LogP contribution is 2.41. The molecule has 11 nitrogen and oxygen atoms in total. The quantitative estimate of drug-likeness (QED) is 0.0927. The second-order valence-corrected chi connectivity index (χ2v) is 14.4. The van der Waals surface area contributed by atoms with Crippen LogP contribution in [-0.2, 0) is 31.2 Å². The molecule has 60 heavy (non-hydrogen) atoms. The van der Waals surface area contributed by atoms with Gasteiger partial charge in [-0.25, -0.2) is 0 Å². The summed E-state index contributed by atoms with van der Waals surface area (Å²) < 4.78 is 43.9. The maximum Gasteiger partial charge on any atom is 0.239 e. The van der Waals surface area contributed by atoms with Gasteiger partial charge in [0.25, 0.3) is 0 Å². The first kappa shape index (κ1) is 40.2. The fourth-order valence-electron chi connectivity index (χ4n) is 6.79. The van der Waals surface area contributed by atoms with Crippen LogP contribution < -0.4 is 29.1 Å². The highest BCUT2D eigenvalue weighted by Gasteiger charge is 2.44. The van der Waals surface area contributed by atoms with Gasteiger partial charge in [-0.15, -0.1) is 0 Å². The predicted molar refractivity (Wildman–Crippen MR) is 224 cm³/mol. The highest BCUT2D eigenvalue weighted by molar-refractivity contribution is 5.89. The SMILES string of the molecule is C[C@@H]1O[C@@H](Oc2c(-c3ccc(OCc4ccccc4)c(OCc4ccccc4)c3)oc3cc(OCc4ccccc4)cc(OCc4ccccc4)c3c2=O)[C@H](O)[C@H](O)[C@H]1O. The molecule has 0 bridgehead atoms. The van der Waals surface area contributed by atoms with Crippen LogP contribution >= 0.6 is 0 Å². The number of ether oxygens (including phenoxy) is 6. The van der Waals surface area contributed by atoms with E-state index in [0.29, 0.717) is 22.8 Å². The Morgan fingerprint density at radius 1 is 0.533 bits per heavy atom. The van der Waals surface area contributed by atoms with Crippen LogP contribution in [0.15, 0.2) is 161 Å². The number of rotatable bonds is 15. The molecule has 1 aliphatic heterocycles. The summed E-state index contributed by atoms with van der Waals surface area (Å²) in [7, 11) is 0. The van der Waals surface area contributed by atoms with E-state index in [2.05, 4.69) is 0 Å². The molecule has 0 unspecified atom stereocenters. The van der Waals surface area contributed by atoms with Crippen molar-refractivity contribution < 1.29 is 48.2 Å². The van der Waals surface area contributed by atoms with Crippen LogP contribution in [0.25, 0.3) is 22.3 Å². The molecule has 0 aliphatic carbocycles. The van der Waals surface area contributed by atoms with E-state index < -0.39 is 36.1 Å². The number of aliphatic hydroxyl groups excluding tert-OH is 3. The predicted octanol–water partition coefficient (Wildman–Crippen LogP) is 7.98. The monoisotopic (exact) mass is 808 g/mol. The van der Waals surface area contributed by atoms with Gasteiger partial charge >= 0.3 is 0 Å². The van der Waals surface area contributed by atoms with Crippen LogP contribution in [0.2, 0.25) is 0 Å². The molecule has 8 rings (SSSR count). The van der Waals surface area contributed by atoms with Gasteiger partial charge in [0.2, 0.25) is 17.5 Å². The second-order valence-electron chi connectivity index (χ2n) is 14.4. The van der Waals surface area contributed by atoms with Crippen molar-refractivity contribution in [1.82, 2.24) is 0 Å². The van der Waals surface area contributed by atoms with Gasteiger partial charge in [0.1, 0.15) is 67.2 Å². The molecule has 2 heterocycles. The molecule has 1 fully saturated rings. The van der Waals surface area contributed by atoms with Gasteiger partial charge in [-0.1, -0.05) is 121 Å². The number of hydrogen-bond acceptors (Lipinski definition) is 11. The maximum absolute atomic E-state index is 15.0. The van der Waals surface area contributed by atoms with Crippen molar-refractivity contribution in [2.75, 3.05) is 0 Å². The van der Waals surface area contributed by atoms with E-state index in [-0.39, 0.29) is 54.7 Å². The maximum atomic E-state index is 15.0. The lowest BCUT2D eigenvalue weighted by Crippen LogP contribution is -2.58. The molecule has 0 spiro atoms. The van der Waals surface area contributed by atoms with Gasteiger partial charge in [-0.2, -0.15) is 0 Å². The fourth-order valence-corrected chi connectivity index (χ4v) is 6.79. The van der Waals surface area contributed by atoms with E-state index in [0.717, 1.165) is 22.3 Å². The van der Waals surface area contributed by atoms with Crippen LogP contribution in [0.1, 0.15) is 29.2 Å². The summed E-state index contributed by atoms with van der Waals surface area (Å²) in [6.07, 6.45) is -7.25. The molecule has 7 aromatic rings. The minimum absolute atomic E-state index is 0.0371. The van der Waals surface area contributed by atoms with Crippen molar-refractivity contribution in [3.63, 3.8) is 0 Å². The molecule has 11 heteroatoms. The Labute approximate surface area is 346 Å². The van der Waals surface area contributed by atoms with Gasteiger partial charge < -0.3 is 48.2 Å². The molecule has 1 aliphatic rings. The van der Waals surface area contributed by atoms with Crippen LogP contribution in [0.4, 0.5) is 0 Å². The molecule has 5 atom stereocenters. The summed E-state index contributed by atoms with van der Waals surface area (Å²) >= 11 is 0. The third-order valence-corrected chi connectivity index (χ3v) is 10.1. The Bertz CT molecular complexity index is 2550. The highest BCUT2D eigenvalue weighted by atomic mass is 16.7. The average molecular weight is 809 g/mol. The van der Waals surface area contributed by atoms with Crippen molar-refractivity contribution in [2.45, 2.75) is 64.1 Å². The summed E-state index contributed by atoms with van der Waals surface area (Å²) in [5.74, 6) is 0.964. The Balaban J connectivity index is 1.26. The molecular weight excluding hydrogens is 765 g/mol. The normalized spacial score (nSPS) is 18.8. The van der Waals surface area contributed by atoms with Crippen molar-refractivity contribution in [2.24, 2.45) is 0 Å². The molecule has 1 aromatic heterocycles. The summed E-state index contributed by atoms with van der Waals surface area (Å²) in [6.45, 7) is 2.35. The van der Waals surface area contributed by atoms with E-state index in [1.165, 1.54) is 6.92 Å². The van der Waals surface area contributed by atoms with Gasteiger partial charge in [0.05, 0.1) is 6.10 Å². The lowest BCUT2D eigenvalue weighted by atomic mass is 10.00. The van der Waals surface area contributed by atoms with E-state index in [1.54, 1.807) is 30.3 Å². The first-order valence-corrected chi connectivity index (χ1v) is 19.6. The number of hydrogen-bond donors (Lipinski definition) is 3.